The first-order chi connectivity index (χ1) is 7.15. The summed E-state index contributed by atoms with van der Waals surface area (Å²) in [6, 6.07) is 3.58. The number of pyridine rings is 1. The van der Waals surface area contributed by atoms with Crippen LogP contribution in [0, 0.1) is 0 Å². The number of aromatic nitrogens is 1. The standard InChI is InChI=1S/C11H18N2O2/c1-2-4-9(14)10(15)7-8-5-3-6-13-11(8)12/h3,5-6,9-10,14-15H,2,4,7H2,1H3,(H2,12,13). The molecule has 0 radical (unpaired) electrons. The fraction of sp³-hybridized carbons (Fsp3) is 0.545. The van der Waals surface area contributed by atoms with Gasteiger partial charge in [-0.1, -0.05) is 19.4 Å². The molecule has 1 heterocycles. The maximum Gasteiger partial charge on any atom is 0.126 e. The molecule has 0 aliphatic carbocycles. The van der Waals surface area contributed by atoms with Gasteiger partial charge >= 0.3 is 0 Å². The molecule has 15 heavy (non-hydrogen) atoms. The van der Waals surface area contributed by atoms with E-state index < -0.39 is 12.2 Å². The molecule has 0 aliphatic heterocycles. The number of nitrogens with zero attached hydrogens (tertiary/aromatic N) is 1. The molecule has 0 saturated carbocycles. The van der Waals surface area contributed by atoms with Crippen LogP contribution in [0.4, 0.5) is 5.82 Å². The van der Waals surface area contributed by atoms with Crippen molar-refractivity contribution in [2.75, 3.05) is 5.73 Å². The first-order valence-electron chi connectivity index (χ1n) is 5.20. The first kappa shape index (κ1) is 11.9. The Morgan fingerprint density at radius 3 is 2.73 bits per heavy atom. The average molecular weight is 210 g/mol. The molecule has 0 aliphatic rings. The van der Waals surface area contributed by atoms with E-state index in [2.05, 4.69) is 4.98 Å². The van der Waals surface area contributed by atoms with E-state index in [1.165, 1.54) is 0 Å². The van der Waals surface area contributed by atoms with E-state index in [1.807, 2.05) is 13.0 Å². The smallest absolute Gasteiger partial charge is 0.126 e. The van der Waals surface area contributed by atoms with E-state index in [4.69, 9.17) is 5.73 Å². The van der Waals surface area contributed by atoms with Crippen molar-refractivity contribution in [2.24, 2.45) is 0 Å². The fourth-order valence-electron chi connectivity index (χ4n) is 1.47. The van der Waals surface area contributed by atoms with Gasteiger partial charge in [-0.2, -0.15) is 0 Å². The summed E-state index contributed by atoms with van der Waals surface area (Å²) in [5.41, 5.74) is 6.42. The van der Waals surface area contributed by atoms with Gasteiger partial charge in [-0.3, -0.25) is 0 Å². The van der Waals surface area contributed by atoms with E-state index >= 15 is 0 Å². The highest BCUT2D eigenvalue weighted by molar-refractivity contribution is 5.38. The second-order valence-corrected chi connectivity index (χ2v) is 3.68. The van der Waals surface area contributed by atoms with Gasteiger partial charge in [0, 0.05) is 12.6 Å². The largest absolute Gasteiger partial charge is 0.390 e. The lowest BCUT2D eigenvalue weighted by Gasteiger charge is -2.17. The first-order valence-corrected chi connectivity index (χ1v) is 5.20. The van der Waals surface area contributed by atoms with Crippen LogP contribution in [0.1, 0.15) is 25.3 Å². The second kappa shape index (κ2) is 5.68. The molecular weight excluding hydrogens is 192 g/mol. The predicted octanol–water partition coefficient (Wildman–Crippen LogP) is 0.728. The molecule has 1 rings (SSSR count). The molecule has 1 aromatic heterocycles. The normalized spacial score (nSPS) is 14.9. The molecule has 0 saturated heterocycles. The van der Waals surface area contributed by atoms with Crippen LogP contribution >= 0.6 is 0 Å². The lowest BCUT2D eigenvalue weighted by atomic mass is 10.0. The Kier molecular flexibility index (Phi) is 4.52. The molecule has 0 spiro atoms. The van der Waals surface area contributed by atoms with Gasteiger partial charge in [0.15, 0.2) is 0 Å². The lowest BCUT2D eigenvalue weighted by Crippen LogP contribution is -2.28. The van der Waals surface area contributed by atoms with Crippen LogP contribution in [0.2, 0.25) is 0 Å². The minimum absolute atomic E-state index is 0.348. The van der Waals surface area contributed by atoms with E-state index in [-0.39, 0.29) is 0 Å². The predicted molar refractivity (Wildman–Crippen MR) is 59.3 cm³/mol. The summed E-state index contributed by atoms with van der Waals surface area (Å²) >= 11 is 0. The minimum atomic E-state index is -0.767. The van der Waals surface area contributed by atoms with Gasteiger partial charge in [-0.25, -0.2) is 4.98 Å². The summed E-state index contributed by atoms with van der Waals surface area (Å²) in [5, 5.41) is 19.3. The van der Waals surface area contributed by atoms with E-state index in [0.717, 1.165) is 12.0 Å². The Hall–Kier alpha value is -1.13. The van der Waals surface area contributed by atoms with Crippen LogP contribution in [-0.4, -0.2) is 27.4 Å². The Balaban J connectivity index is 2.58. The zero-order valence-corrected chi connectivity index (χ0v) is 8.93. The molecule has 0 amide bonds. The second-order valence-electron chi connectivity index (χ2n) is 3.68. The summed E-state index contributed by atoms with van der Waals surface area (Å²) in [4.78, 5) is 3.92. The fourth-order valence-corrected chi connectivity index (χ4v) is 1.47. The van der Waals surface area contributed by atoms with E-state index in [9.17, 15) is 10.2 Å². The molecule has 0 aromatic carbocycles. The third kappa shape index (κ3) is 3.49. The number of nitrogen functional groups attached to an aromatic ring is 1. The summed E-state index contributed by atoms with van der Waals surface area (Å²) in [6.07, 6.45) is 1.95. The quantitative estimate of drug-likeness (QED) is 0.669. The topological polar surface area (TPSA) is 79.4 Å². The number of hydrogen-bond acceptors (Lipinski definition) is 4. The number of aliphatic hydroxyl groups excluding tert-OH is 2. The van der Waals surface area contributed by atoms with E-state index in [1.54, 1.807) is 12.3 Å². The van der Waals surface area contributed by atoms with Gasteiger partial charge < -0.3 is 15.9 Å². The van der Waals surface area contributed by atoms with Crippen molar-refractivity contribution >= 4 is 5.82 Å². The maximum atomic E-state index is 9.69. The van der Waals surface area contributed by atoms with Crippen molar-refractivity contribution in [1.29, 1.82) is 0 Å². The van der Waals surface area contributed by atoms with Crippen molar-refractivity contribution in [3.63, 3.8) is 0 Å². The monoisotopic (exact) mass is 210 g/mol. The number of aliphatic hydroxyl groups is 2. The van der Waals surface area contributed by atoms with Gasteiger partial charge in [-0.05, 0) is 18.1 Å². The minimum Gasteiger partial charge on any atom is -0.390 e. The molecule has 0 bridgehead atoms. The van der Waals surface area contributed by atoms with Crippen LogP contribution in [0.15, 0.2) is 18.3 Å². The Labute approximate surface area is 89.8 Å². The number of anilines is 1. The SMILES string of the molecule is CCCC(O)C(O)Cc1cccnc1N. The van der Waals surface area contributed by atoms with Crippen molar-refractivity contribution in [2.45, 2.75) is 38.4 Å². The van der Waals surface area contributed by atoms with Gasteiger partial charge in [0.2, 0.25) is 0 Å². The Morgan fingerprint density at radius 2 is 2.13 bits per heavy atom. The van der Waals surface area contributed by atoms with Crippen LogP contribution in [0.5, 0.6) is 0 Å². The summed E-state index contributed by atoms with van der Waals surface area (Å²) in [6.45, 7) is 1.97. The van der Waals surface area contributed by atoms with Gasteiger partial charge in [-0.15, -0.1) is 0 Å². The van der Waals surface area contributed by atoms with Gasteiger partial charge in [0.05, 0.1) is 12.2 Å². The highest BCUT2D eigenvalue weighted by Crippen LogP contribution is 2.13. The highest BCUT2D eigenvalue weighted by Gasteiger charge is 2.16. The molecule has 2 atom stereocenters. The van der Waals surface area contributed by atoms with E-state index in [0.29, 0.717) is 18.7 Å². The molecular formula is C11H18N2O2. The molecule has 84 valence electrons. The third-order valence-electron chi connectivity index (χ3n) is 2.38. The third-order valence-corrected chi connectivity index (χ3v) is 2.38. The summed E-state index contributed by atoms with van der Waals surface area (Å²) < 4.78 is 0. The number of nitrogens with two attached hydrogens (primary N) is 1. The van der Waals surface area contributed by atoms with Crippen molar-refractivity contribution in [3.8, 4) is 0 Å². The number of rotatable bonds is 5. The van der Waals surface area contributed by atoms with Crippen LogP contribution in [-0.2, 0) is 6.42 Å². The summed E-state index contributed by atoms with van der Waals surface area (Å²) in [5.74, 6) is 0.417. The molecule has 4 heteroatoms. The molecule has 1 aromatic rings. The maximum absolute atomic E-state index is 9.69. The van der Waals surface area contributed by atoms with Crippen LogP contribution < -0.4 is 5.73 Å². The van der Waals surface area contributed by atoms with Crippen molar-refractivity contribution in [3.05, 3.63) is 23.9 Å². The summed E-state index contributed by atoms with van der Waals surface area (Å²) in [7, 11) is 0. The van der Waals surface area contributed by atoms with Crippen molar-refractivity contribution in [1.82, 2.24) is 4.98 Å². The molecule has 4 N–H and O–H groups in total. The highest BCUT2D eigenvalue weighted by atomic mass is 16.3. The molecule has 0 fully saturated rings. The van der Waals surface area contributed by atoms with Crippen LogP contribution in [0.25, 0.3) is 0 Å². The Morgan fingerprint density at radius 1 is 1.40 bits per heavy atom. The van der Waals surface area contributed by atoms with Crippen molar-refractivity contribution < 1.29 is 10.2 Å². The van der Waals surface area contributed by atoms with Gasteiger partial charge in [0.1, 0.15) is 5.82 Å². The molecule has 2 unspecified atom stereocenters. The zero-order valence-electron chi connectivity index (χ0n) is 8.93. The van der Waals surface area contributed by atoms with Gasteiger partial charge in [0.25, 0.3) is 0 Å². The average Bonchev–Trinajstić information content (AvgIpc) is 2.21. The zero-order chi connectivity index (χ0) is 11.3. The number of hydrogen-bond donors (Lipinski definition) is 3. The Bertz CT molecular complexity index is 304. The molecule has 4 nitrogen and oxygen atoms in total. The lowest BCUT2D eigenvalue weighted by molar-refractivity contribution is 0.0149. The van der Waals surface area contributed by atoms with Crippen LogP contribution in [0.3, 0.4) is 0 Å².